The van der Waals surface area contributed by atoms with Gasteiger partial charge in [0.15, 0.2) is 0 Å². The van der Waals surface area contributed by atoms with Crippen molar-refractivity contribution in [2.45, 2.75) is 51.6 Å². The Balaban J connectivity index is 1.95. The fourth-order valence-corrected chi connectivity index (χ4v) is 2.70. The molecule has 2 aliphatic carbocycles. The summed E-state index contributed by atoms with van der Waals surface area (Å²) in [4.78, 5) is 11.5. The van der Waals surface area contributed by atoms with E-state index in [2.05, 4.69) is 6.92 Å². The molecule has 0 aromatic carbocycles. The fourth-order valence-electron chi connectivity index (χ4n) is 2.70. The second kappa shape index (κ2) is 3.41. The van der Waals surface area contributed by atoms with Gasteiger partial charge in [0.25, 0.3) is 0 Å². The Labute approximate surface area is 79.7 Å². The van der Waals surface area contributed by atoms with Crippen LogP contribution in [0.1, 0.15) is 45.4 Å². The van der Waals surface area contributed by atoms with E-state index >= 15 is 0 Å². The van der Waals surface area contributed by atoms with Crippen LogP contribution in [0, 0.1) is 5.41 Å². The van der Waals surface area contributed by atoms with Crippen LogP contribution in [0.15, 0.2) is 0 Å². The van der Waals surface area contributed by atoms with Gasteiger partial charge in [-0.25, -0.2) is 0 Å². The Morgan fingerprint density at radius 1 is 1.46 bits per heavy atom. The van der Waals surface area contributed by atoms with Gasteiger partial charge in [0.2, 0.25) is 0 Å². The minimum atomic E-state index is -0.0187. The molecule has 13 heavy (non-hydrogen) atoms. The van der Waals surface area contributed by atoms with Gasteiger partial charge < -0.3 is 4.74 Å². The normalized spacial score (nSPS) is 30.8. The molecule has 0 radical (unpaired) electrons. The van der Waals surface area contributed by atoms with Gasteiger partial charge in [-0.05, 0) is 19.3 Å². The smallest absolute Gasteiger partial charge is 0.144 e. The lowest BCUT2D eigenvalue weighted by Crippen LogP contribution is -2.53. The SMILES string of the molecule is CCCOC1CC(=O)C12CCCC2. The van der Waals surface area contributed by atoms with Crippen molar-refractivity contribution >= 4 is 5.78 Å². The Kier molecular flexibility index (Phi) is 2.41. The third kappa shape index (κ3) is 1.32. The zero-order valence-electron chi connectivity index (χ0n) is 8.34. The first-order chi connectivity index (χ1) is 6.29. The van der Waals surface area contributed by atoms with Crippen molar-refractivity contribution < 1.29 is 9.53 Å². The van der Waals surface area contributed by atoms with Gasteiger partial charge in [0.1, 0.15) is 5.78 Å². The van der Waals surface area contributed by atoms with Crippen LogP contribution in [-0.2, 0) is 9.53 Å². The molecule has 0 saturated heterocycles. The Bertz CT molecular complexity index is 204. The highest BCUT2D eigenvalue weighted by atomic mass is 16.5. The van der Waals surface area contributed by atoms with Crippen LogP contribution >= 0.6 is 0 Å². The van der Waals surface area contributed by atoms with E-state index in [0.717, 1.165) is 25.9 Å². The van der Waals surface area contributed by atoms with Gasteiger partial charge in [-0.15, -0.1) is 0 Å². The first-order valence-electron chi connectivity index (χ1n) is 5.44. The van der Waals surface area contributed by atoms with Crippen molar-refractivity contribution in [3.63, 3.8) is 0 Å². The van der Waals surface area contributed by atoms with Crippen LogP contribution in [0.5, 0.6) is 0 Å². The molecule has 2 heteroatoms. The summed E-state index contributed by atoms with van der Waals surface area (Å²) in [5, 5.41) is 0. The molecule has 0 N–H and O–H groups in total. The minimum absolute atomic E-state index is 0.0187. The van der Waals surface area contributed by atoms with Gasteiger partial charge in [-0.3, -0.25) is 4.79 Å². The van der Waals surface area contributed by atoms with E-state index in [0.29, 0.717) is 12.2 Å². The molecule has 0 aromatic heterocycles. The molecule has 0 aliphatic heterocycles. The van der Waals surface area contributed by atoms with Crippen molar-refractivity contribution in [3.8, 4) is 0 Å². The summed E-state index contributed by atoms with van der Waals surface area (Å²) in [5.41, 5.74) is -0.0187. The third-order valence-corrected chi connectivity index (χ3v) is 3.56. The number of carbonyl (C=O) groups excluding carboxylic acids is 1. The van der Waals surface area contributed by atoms with Crippen molar-refractivity contribution in [2.24, 2.45) is 5.41 Å². The molecule has 1 atom stereocenters. The van der Waals surface area contributed by atoms with Gasteiger partial charge in [-0.2, -0.15) is 0 Å². The minimum Gasteiger partial charge on any atom is -0.377 e. The molecule has 0 bridgehead atoms. The lowest BCUT2D eigenvalue weighted by Gasteiger charge is -2.44. The van der Waals surface area contributed by atoms with E-state index in [1.54, 1.807) is 0 Å². The molecular formula is C11H18O2. The molecule has 74 valence electrons. The zero-order chi connectivity index (χ0) is 9.31. The zero-order valence-corrected chi connectivity index (χ0v) is 8.34. The monoisotopic (exact) mass is 182 g/mol. The summed E-state index contributed by atoms with van der Waals surface area (Å²) in [5.74, 6) is 0.464. The first-order valence-corrected chi connectivity index (χ1v) is 5.44. The molecule has 2 saturated carbocycles. The number of hydrogen-bond donors (Lipinski definition) is 0. The van der Waals surface area contributed by atoms with Crippen LogP contribution in [0.4, 0.5) is 0 Å². The lowest BCUT2D eigenvalue weighted by molar-refractivity contribution is -0.162. The lowest BCUT2D eigenvalue weighted by atomic mass is 9.63. The fraction of sp³-hybridized carbons (Fsp3) is 0.909. The van der Waals surface area contributed by atoms with Crippen LogP contribution in [0.2, 0.25) is 0 Å². The standard InChI is InChI=1S/C11H18O2/c1-2-7-13-10-8-9(12)11(10)5-3-4-6-11/h10H,2-8H2,1H3. The average Bonchev–Trinajstić information content (AvgIpc) is 2.63. The molecule has 2 fully saturated rings. The van der Waals surface area contributed by atoms with Crippen molar-refractivity contribution in [1.82, 2.24) is 0 Å². The average molecular weight is 182 g/mol. The Hall–Kier alpha value is -0.370. The van der Waals surface area contributed by atoms with E-state index in [1.165, 1.54) is 12.8 Å². The third-order valence-electron chi connectivity index (χ3n) is 3.56. The molecule has 2 nitrogen and oxygen atoms in total. The summed E-state index contributed by atoms with van der Waals surface area (Å²) in [7, 11) is 0. The molecular weight excluding hydrogens is 164 g/mol. The number of carbonyl (C=O) groups is 1. The van der Waals surface area contributed by atoms with Gasteiger partial charge in [0.05, 0.1) is 11.5 Å². The van der Waals surface area contributed by atoms with Crippen LogP contribution < -0.4 is 0 Å². The van der Waals surface area contributed by atoms with Gasteiger partial charge in [0, 0.05) is 13.0 Å². The highest BCUT2D eigenvalue weighted by Gasteiger charge is 2.56. The molecule has 2 rings (SSSR count). The molecule has 2 aliphatic rings. The predicted octanol–water partition coefficient (Wildman–Crippen LogP) is 2.31. The summed E-state index contributed by atoms with van der Waals surface area (Å²) in [6.45, 7) is 2.93. The Morgan fingerprint density at radius 3 is 2.69 bits per heavy atom. The number of ketones is 1. The van der Waals surface area contributed by atoms with Crippen molar-refractivity contribution in [2.75, 3.05) is 6.61 Å². The van der Waals surface area contributed by atoms with E-state index in [1.807, 2.05) is 0 Å². The molecule has 1 unspecified atom stereocenters. The quantitative estimate of drug-likeness (QED) is 0.669. The number of hydrogen-bond acceptors (Lipinski definition) is 2. The summed E-state index contributed by atoms with van der Waals surface area (Å²) < 4.78 is 5.71. The van der Waals surface area contributed by atoms with Gasteiger partial charge >= 0.3 is 0 Å². The second-order valence-electron chi connectivity index (χ2n) is 4.35. The Morgan fingerprint density at radius 2 is 2.15 bits per heavy atom. The van der Waals surface area contributed by atoms with Crippen molar-refractivity contribution in [3.05, 3.63) is 0 Å². The number of rotatable bonds is 3. The second-order valence-corrected chi connectivity index (χ2v) is 4.35. The predicted molar refractivity (Wildman–Crippen MR) is 50.6 cm³/mol. The van der Waals surface area contributed by atoms with Crippen molar-refractivity contribution in [1.29, 1.82) is 0 Å². The maximum absolute atomic E-state index is 11.5. The maximum atomic E-state index is 11.5. The van der Waals surface area contributed by atoms with Gasteiger partial charge in [-0.1, -0.05) is 19.8 Å². The molecule has 0 aromatic rings. The van der Waals surface area contributed by atoms with E-state index in [9.17, 15) is 4.79 Å². The molecule has 1 spiro atoms. The topological polar surface area (TPSA) is 26.3 Å². The summed E-state index contributed by atoms with van der Waals surface area (Å²) in [6.07, 6.45) is 6.61. The molecule has 0 amide bonds. The van der Waals surface area contributed by atoms with Crippen LogP contribution in [-0.4, -0.2) is 18.5 Å². The van der Waals surface area contributed by atoms with E-state index in [4.69, 9.17) is 4.74 Å². The van der Waals surface area contributed by atoms with E-state index < -0.39 is 0 Å². The van der Waals surface area contributed by atoms with Crippen LogP contribution in [0.25, 0.3) is 0 Å². The highest BCUT2D eigenvalue weighted by Crippen LogP contribution is 2.51. The maximum Gasteiger partial charge on any atom is 0.144 e. The first kappa shape index (κ1) is 9.20. The number of ether oxygens (including phenoxy) is 1. The largest absolute Gasteiger partial charge is 0.377 e. The molecule has 0 heterocycles. The highest BCUT2D eigenvalue weighted by molar-refractivity contribution is 5.92. The summed E-state index contributed by atoms with van der Waals surface area (Å²) in [6, 6.07) is 0. The summed E-state index contributed by atoms with van der Waals surface area (Å²) >= 11 is 0. The van der Waals surface area contributed by atoms with Crippen LogP contribution in [0.3, 0.4) is 0 Å². The number of Topliss-reactive ketones (excluding diaryl/α,β-unsaturated/α-hetero) is 1. The van der Waals surface area contributed by atoms with E-state index in [-0.39, 0.29) is 11.5 Å².